The second-order valence-electron chi connectivity index (χ2n) is 3.88. The Kier molecular flexibility index (Phi) is 1.99. The van der Waals surface area contributed by atoms with Crippen molar-refractivity contribution in [1.82, 2.24) is 0 Å². The molecule has 0 amide bonds. The minimum absolute atomic E-state index is 0.583. The molecule has 0 heteroatoms. The highest BCUT2D eigenvalue weighted by Crippen LogP contribution is 2.36. The van der Waals surface area contributed by atoms with Crippen LogP contribution in [0.4, 0.5) is 0 Å². The molecule has 1 unspecified atom stereocenters. The van der Waals surface area contributed by atoms with E-state index in [0.717, 1.165) is 0 Å². The molecule has 0 spiro atoms. The van der Waals surface area contributed by atoms with E-state index in [4.69, 9.17) is 0 Å². The molecule has 0 aliphatic heterocycles. The molecule has 2 aliphatic carbocycles. The van der Waals surface area contributed by atoms with E-state index in [1.54, 1.807) is 0 Å². The molecule has 1 atom stereocenters. The highest BCUT2D eigenvalue weighted by Gasteiger charge is 2.20. The van der Waals surface area contributed by atoms with E-state index in [1.807, 2.05) is 0 Å². The van der Waals surface area contributed by atoms with E-state index in [1.165, 1.54) is 22.3 Å². The molecule has 0 aromatic carbocycles. The molecule has 0 N–H and O–H groups in total. The summed E-state index contributed by atoms with van der Waals surface area (Å²) in [6.07, 6.45) is 11.0. The van der Waals surface area contributed by atoms with Crippen LogP contribution in [0.3, 0.4) is 0 Å². The Balaban J connectivity index is 2.47. The summed E-state index contributed by atoms with van der Waals surface area (Å²) in [5.74, 6) is 0.583. The third-order valence-corrected chi connectivity index (χ3v) is 3.02. The highest BCUT2D eigenvalue weighted by atomic mass is 14.2. The fourth-order valence-electron chi connectivity index (χ4n) is 1.91. The topological polar surface area (TPSA) is 0 Å². The van der Waals surface area contributed by atoms with Crippen molar-refractivity contribution >= 4 is 0 Å². The standard InChI is InChI=1S/C13H15/c1-9-7-8-12-10(2)5-4-6-13(12)11(9)3/h4-8,11H,1-3H3. The first kappa shape index (κ1) is 8.55. The largest absolute Gasteiger partial charge is 0.0732 e. The van der Waals surface area contributed by atoms with E-state index in [-0.39, 0.29) is 0 Å². The van der Waals surface area contributed by atoms with Gasteiger partial charge in [0.25, 0.3) is 0 Å². The van der Waals surface area contributed by atoms with Crippen molar-refractivity contribution in [1.29, 1.82) is 0 Å². The Morgan fingerprint density at radius 2 is 1.77 bits per heavy atom. The lowest BCUT2D eigenvalue weighted by Crippen LogP contribution is -2.10. The highest BCUT2D eigenvalue weighted by molar-refractivity contribution is 5.58. The maximum atomic E-state index is 2.27. The first-order valence-corrected chi connectivity index (χ1v) is 4.81. The average Bonchev–Trinajstić information content (AvgIpc) is 2.12. The van der Waals surface area contributed by atoms with Gasteiger partial charge in [0.1, 0.15) is 0 Å². The van der Waals surface area contributed by atoms with Gasteiger partial charge in [0.05, 0.1) is 0 Å². The molecule has 1 radical (unpaired) electrons. The molecular formula is C13H15. The summed E-state index contributed by atoms with van der Waals surface area (Å²) in [4.78, 5) is 0. The molecule has 0 aromatic rings. The Hall–Kier alpha value is -1.04. The zero-order valence-corrected chi connectivity index (χ0v) is 8.46. The molecule has 0 nitrogen and oxygen atoms in total. The van der Waals surface area contributed by atoms with Crippen molar-refractivity contribution in [3.63, 3.8) is 0 Å². The predicted octanol–water partition coefficient (Wildman–Crippen LogP) is 3.60. The third kappa shape index (κ3) is 1.31. The molecule has 0 aromatic heterocycles. The van der Waals surface area contributed by atoms with Crippen LogP contribution in [0, 0.1) is 12.3 Å². The van der Waals surface area contributed by atoms with Gasteiger partial charge in [-0.2, -0.15) is 0 Å². The number of hydrogen-bond donors (Lipinski definition) is 0. The van der Waals surface area contributed by atoms with E-state index in [0.29, 0.717) is 5.92 Å². The van der Waals surface area contributed by atoms with Crippen molar-refractivity contribution < 1.29 is 0 Å². The van der Waals surface area contributed by atoms with Crippen LogP contribution in [0.1, 0.15) is 20.8 Å². The van der Waals surface area contributed by atoms with Crippen LogP contribution in [0.25, 0.3) is 0 Å². The maximum absolute atomic E-state index is 2.27. The molecule has 0 heterocycles. The molecule has 2 aliphatic rings. The third-order valence-electron chi connectivity index (χ3n) is 3.02. The van der Waals surface area contributed by atoms with E-state index in [2.05, 4.69) is 51.5 Å². The SMILES string of the molecule is CC1=C[CH]C=C2C1=CC=C(C)C2C. The average molecular weight is 171 g/mol. The van der Waals surface area contributed by atoms with Gasteiger partial charge in [0, 0.05) is 12.3 Å². The fraction of sp³-hybridized carbons (Fsp3) is 0.308. The van der Waals surface area contributed by atoms with Crippen LogP contribution in [0.5, 0.6) is 0 Å². The summed E-state index contributed by atoms with van der Waals surface area (Å²) in [6.45, 7) is 6.65. The lowest BCUT2D eigenvalue weighted by molar-refractivity contribution is 0.796. The summed E-state index contributed by atoms with van der Waals surface area (Å²) in [5.41, 5.74) is 5.73. The van der Waals surface area contributed by atoms with Crippen molar-refractivity contribution in [3.05, 3.63) is 53.0 Å². The first-order chi connectivity index (χ1) is 6.20. The van der Waals surface area contributed by atoms with Gasteiger partial charge in [-0.1, -0.05) is 36.8 Å². The number of hydrogen-bond acceptors (Lipinski definition) is 0. The fourth-order valence-corrected chi connectivity index (χ4v) is 1.91. The first-order valence-electron chi connectivity index (χ1n) is 4.81. The van der Waals surface area contributed by atoms with Crippen LogP contribution in [-0.4, -0.2) is 0 Å². The molecule has 13 heavy (non-hydrogen) atoms. The van der Waals surface area contributed by atoms with Gasteiger partial charge in [0.2, 0.25) is 0 Å². The zero-order valence-electron chi connectivity index (χ0n) is 8.46. The molecule has 0 fully saturated rings. The monoisotopic (exact) mass is 171 g/mol. The smallest absolute Gasteiger partial charge is 0.00567 e. The quantitative estimate of drug-likeness (QED) is 0.522. The summed E-state index contributed by atoms with van der Waals surface area (Å²) in [6, 6.07) is 0. The van der Waals surface area contributed by atoms with Gasteiger partial charge in [0.15, 0.2) is 0 Å². The van der Waals surface area contributed by atoms with Crippen molar-refractivity contribution in [2.45, 2.75) is 20.8 Å². The molecule has 2 rings (SSSR count). The Labute approximate surface area is 80.3 Å². The van der Waals surface area contributed by atoms with Crippen molar-refractivity contribution in [2.24, 2.45) is 5.92 Å². The minimum atomic E-state index is 0.583. The molecule has 0 bridgehead atoms. The Morgan fingerprint density at radius 1 is 1.00 bits per heavy atom. The van der Waals surface area contributed by atoms with E-state index >= 15 is 0 Å². The minimum Gasteiger partial charge on any atom is -0.0732 e. The lowest BCUT2D eigenvalue weighted by atomic mass is 9.79. The molecular weight excluding hydrogens is 156 g/mol. The van der Waals surface area contributed by atoms with Crippen LogP contribution < -0.4 is 0 Å². The van der Waals surface area contributed by atoms with Crippen LogP contribution in [0.2, 0.25) is 0 Å². The summed E-state index contributed by atoms with van der Waals surface area (Å²) in [5, 5.41) is 0. The summed E-state index contributed by atoms with van der Waals surface area (Å²) < 4.78 is 0. The normalized spacial score (nSPS) is 26.8. The molecule has 67 valence electrons. The summed E-state index contributed by atoms with van der Waals surface area (Å²) in [7, 11) is 0. The predicted molar refractivity (Wildman–Crippen MR) is 57.1 cm³/mol. The van der Waals surface area contributed by atoms with Gasteiger partial charge in [-0.3, -0.25) is 0 Å². The number of allylic oxidation sites excluding steroid dienone is 8. The summed E-state index contributed by atoms with van der Waals surface area (Å²) >= 11 is 0. The van der Waals surface area contributed by atoms with Gasteiger partial charge in [-0.05, 0) is 30.6 Å². The number of rotatable bonds is 0. The Morgan fingerprint density at radius 3 is 2.54 bits per heavy atom. The number of fused-ring (bicyclic) bond motifs is 1. The van der Waals surface area contributed by atoms with E-state index < -0.39 is 0 Å². The second kappa shape index (κ2) is 3.02. The second-order valence-corrected chi connectivity index (χ2v) is 3.88. The van der Waals surface area contributed by atoms with Crippen molar-refractivity contribution in [3.8, 4) is 0 Å². The van der Waals surface area contributed by atoms with Crippen molar-refractivity contribution in [2.75, 3.05) is 0 Å². The van der Waals surface area contributed by atoms with Gasteiger partial charge >= 0.3 is 0 Å². The maximum Gasteiger partial charge on any atom is 0.00567 e. The molecule has 0 saturated heterocycles. The van der Waals surface area contributed by atoms with E-state index in [9.17, 15) is 0 Å². The lowest BCUT2D eigenvalue weighted by Gasteiger charge is -2.26. The van der Waals surface area contributed by atoms with Gasteiger partial charge in [-0.25, -0.2) is 0 Å². The molecule has 0 saturated carbocycles. The van der Waals surface area contributed by atoms with Crippen LogP contribution >= 0.6 is 0 Å². The van der Waals surface area contributed by atoms with Crippen LogP contribution in [0.15, 0.2) is 46.6 Å². The van der Waals surface area contributed by atoms with Gasteiger partial charge in [-0.15, -0.1) is 0 Å². The van der Waals surface area contributed by atoms with Gasteiger partial charge < -0.3 is 0 Å². The zero-order chi connectivity index (χ0) is 9.42. The Bertz CT molecular complexity index is 348. The van der Waals surface area contributed by atoms with Crippen LogP contribution in [-0.2, 0) is 0 Å².